The number of carboxylic acid groups (broad SMARTS) is 2. The van der Waals surface area contributed by atoms with Gasteiger partial charge in [0, 0.05) is 28.0 Å². The standard InChI is InChI=1S/C23H22N2O4S/c1-13-10-16(12-24-17-7-5-6-15(11-17)22(26)27)14(2)25(13)21-20(23(28)29)18-8-3-4-9-19(18)30-21/h5-7,10-12H,3-4,8-9H2,1-2H3,(H,26,27)(H,28,29). The van der Waals surface area contributed by atoms with Crippen molar-refractivity contribution in [3.05, 3.63) is 68.9 Å². The molecule has 0 radical (unpaired) electrons. The van der Waals surface area contributed by atoms with Crippen LogP contribution in [-0.4, -0.2) is 32.9 Å². The fraction of sp³-hybridized carbons (Fsp3) is 0.261. The third-order valence-electron chi connectivity index (χ3n) is 5.49. The minimum Gasteiger partial charge on any atom is -0.478 e. The molecule has 0 bridgehead atoms. The Morgan fingerprint density at radius 2 is 1.87 bits per heavy atom. The summed E-state index contributed by atoms with van der Waals surface area (Å²) in [4.78, 5) is 28.8. The first-order valence-electron chi connectivity index (χ1n) is 9.81. The molecular formula is C23H22N2O4S. The molecule has 1 aliphatic carbocycles. The van der Waals surface area contributed by atoms with Gasteiger partial charge in [0.2, 0.25) is 0 Å². The minimum atomic E-state index is -0.993. The van der Waals surface area contributed by atoms with E-state index in [2.05, 4.69) is 4.99 Å². The fourth-order valence-corrected chi connectivity index (χ4v) is 5.52. The number of aromatic carboxylic acids is 2. The lowest BCUT2D eigenvalue weighted by molar-refractivity contribution is 0.0685. The molecule has 0 spiro atoms. The van der Waals surface area contributed by atoms with Gasteiger partial charge in [-0.2, -0.15) is 0 Å². The first-order chi connectivity index (χ1) is 14.4. The van der Waals surface area contributed by atoms with E-state index in [1.165, 1.54) is 17.0 Å². The Kier molecular flexibility index (Phi) is 5.30. The molecule has 0 atom stereocenters. The maximum atomic E-state index is 12.1. The number of nitrogens with zero attached hydrogens (tertiary/aromatic N) is 2. The first kappa shape index (κ1) is 20.1. The van der Waals surface area contributed by atoms with Crippen LogP contribution in [0.25, 0.3) is 5.00 Å². The predicted molar refractivity (Wildman–Crippen MR) is 117 cm³/mol. The molecule has 30 heavy (non-hydrogen) atoms. The van der Waals surface area contributed by atoms with Crippen molar-refractivity contribution < 1.29 is 19.8 Å². The molecule has 4 rings (SSSR count). The van der Waals surface area contributed by atoms with Crippen molar-refractivity contribution in [1.29, 1.82) is 0 Å². The van der Waals surface area contributed by atoms with E-state index in [-0.39, 0.29) is 5.56 Å². The summed E-state index contributed by atoms with van der Waals surface area (Å²) < 4.78 is 2.00. The number of thiophene rings is 1. The highest BCUT2D eigenvalue weighted by atomic mass is 32.1. The van der Waals surface area contributed by atoms with Crippen LogP contribution in [0.2, 0.25) is 0 Å². The van der Waals surface area contributed by atoms with Crippen molar-refractivity contribution in [2.45, 2.75) is 39.5 Å². The number of fused-ring (bicyclic) bond motifs is 1. The van der Waals surface area contributed by atoms with Crippen LogP contribution in [0.1, 0.15) is 60.9 Å². The number of carbonyl (C=O) groups is 2. The van der Waals surface area contributed by atoms with E-state index in [0.29, 0.717) is 11.3 Å². The van der Waals surface area contributed by atoms with Gasteiger partial charge in [0.15, 0.2) is 0 Å². The number of aryl methyl sites for hydroxylation is 2. The van der Waals surface area contributed by atoms with E-state index in [4.69, 9.17) is 5.11 Å². The molecule has 0 saturated heterocycles. The number of aromatic nitrogens is 1. The summed E-state index contributed by atoms with van der Waals surface area (Å²) in [6.45, 7) is 3.91. The number of hydrogen-bond donors (Lipinski definition) is 2. The monoisotopic (exact) mass is 422 g/mol. The quantitative estimate of drug-likeness (QED) is 0.554. The predicted octanol–water partition coefficient (Wildman–Crippen LogP) is 5.18. The van der Waals surface area contributed by atoms with Crippen molar-refractivity contribution in [3.8, 4) is 5.00 Å². The van der Waals surface area contributed by atoms with Gasteiger partial charge in [0.1, 0.15) is 5.00 Å². The lowest BCUT2D eigenvalue weighted by atomic mass is 9.95. The normalized spacial score (nSPS) is 13.5. The Morgan fingerprint density at radius 1 is 1.10 bits per heavy atom. The van der Waals surface area contributed by atoms with E-state index in [0.717, 1.165) is 53.2 Å². The molecule has 0 amide bonds. The fourth-order valence-electron chi connectivity index (χ4n) is 4.02. The Balaban J connectivity index is 1.75. The lowest BCUT2D eigenvalue weighted by Crippen LogP contribution is -2.09. The summed E-state index contributed by atoms with van der Waals surface area (Å²) in [5.74, 6) is -1.87. The van der Waals surface area contributed by atoms with Crippen molar-refractivity contribution in [2.75, 3.05) is 0 Å². The third kappa shape index (κ3) is 3.57. The summed E-state index contributed by atoms with van der Waals surface area (Å²) in [6, 6.07) is 8.43. The van der Waals surface area contributed by atoms with E-state index < -0.39 is 11.9 Å². The summed E-state index contributed by atoms with van der Waals surface area (Å²) in [5, 5.41) is 19.8. The minimum absolute atomic E-state index is 0.186. The highest BCUT2D eigenvalue weighted by Gasteiger charge is 2.27. The van der Waals surface area contributed by atoms with E-state index in [1.807, 2.05) is 24.5 Å². The molecule has 1 aliphatic rings. The third-order valence-corrected chi connectivity index (χ3v) is 6.76. The molecule has 0 saturated carbocycles. The molecule has 0 aliphatic heterocycles. The summed E-state index contributed by atoms with van der Waals surface area (Å²) >= 11 is 1.58. The van der Waals surface area contributed by atoms with Gasteiger partial charge in [0.05, 0.1) is 16.8 Å². The molecule has 2 N–H and O–H groups in total. The molecule has 7 heteroatoms. The summed E-state index contributed by atoms with van der Waals surface area (Å²) in [5.41, 5.74) is 4.87. The molecule has 6 nitrogen and oxygen atoms in total. The molecule has 1 aromatic carbocycles. The zero-order valence-corrected chi connectivity index (χ0v) is 17.6. The van der Waals surface area contributed by atoms with Crippen LogP contribution in [0, 0.1) is 13.8 Å². The molecular weight excluding hydrogens is 400 g/mol. The zero-order chi connectivity index (χ0) is 21.4. The van der Waals surface area contributed by atoms with Crippen LogP contribution in [0.4, 0.5) is 5.69 Å². The SMILES string of the molecule is Cc1cc(C=Nc2cccc(C(=O)O)c2)c(C)n1-c1sc2c(c1C(=O)O)CCCC2. The largest absolute Gasteiger partial charge is 0.478 e. The number of aliphatic imine (C=N–C) groups is 1. The van der Waals surface area contributed by atoms with Crippen molar-refractivity contribution >= 4 is 35.2 Å². The van der Waals surface area contributed by atoms with Crippen LogP contribution in [-0.2, 0) is 12.8 Å². The van der Waals surface area contributed by atoms with Crippen molar-refractivity contribution in [2.24, 2.45) is 4.99 Å². The van der Waals surface area contributed by atoms with Crippen molar-refractivity contribution in [3.63, 3.8) is 0 Å². The second-order valence-electron chi connectivity index (χ2n) is 7.47. The lowest BCUT2D eigenvalue weighted by Gasteiger charge is -2.11. The number of hydrogen-bond acceptors (Lipinski definition) is 4. The Hall–Kier alpha value is -3.19. The Morgan fingerprint density at radius 3 is 2.60 bits per heavy atom. The molecule has 0 unspecified atom stereocenters. The van der Waals surface area contributed by atoms with Gasteiger partial charge in [0.25, 0.3) is 0 Å². The van der Waals surface area contributed by atoms with Crippen LogP contribution in [0.5, 0.6) is 0 Å². The van der Waals surface area contributed by atoms with Gasteiger partial charge in [-0.3, -0.25) is 4.99 Å². The van der Waals surface area contributed by atoms with Gasteiger partial charge in [-0.25, -0.2) is 9.59 Å². The number of benzene rings is 1. The van der Waals surface area contributed by atoms with Gasteiger partial charge >= 0.3 is 11.9 Å². The molecule has 154 valence electrons. The smallest absolute Gasteiger partial charge is 0.339 e. The average molecular weight is 423 g/mol. The highest BCUT2D eigenvalue weighted by molar-refractivity contribution is 7.15. The average Bonchev–Trinajstić information content (AvgIpc) is 3.23. The van der Waals surface area contributed by atoms with Crippen LogP contribution in [0.15, 0.2) is 35.3 Å². The van der Waals surface area contributed by atoms with Gasteiger partial charge in [-0.05, 0) is 69.4 Å². The Labute approximate surface area is 178 Å². The van der Waals surface area contributed by atoms with Gasteiger partial charge in [-0.15, -0.1) is 11.3 Å². The maximum Gasteiger partial charge on any atom is 0.339 e. The topological polar surface area (TPSA) is 91.9 Å². The van der Waals surface area contributed by atoms with Gasteiger partial charge < -0.3 is 14.8 Å². The Bertz CT molecular complexity index is 1190. The second-order valence-corrected chi connectivity index (χ2v) is 8.56. The second kappa shape index (κ2) is 7.91. The number of carboxylic acids is 2. The highest BCUT2D eigenvalue weighted by Crippen LogP contribution is 2.38. The first-order valence-corrected chi connectivity index (χ1v) is 10.6. The zero-order valence-electron chi connectivity index (χ0n) is 16.8. The maximum absolute atomic E-state index is 12.1. The molecule has 3 aromatic rings. The molecule has 0 fully saturated rings. The summed E-state index contributed by atoms with van der Waals surface area (Å²) in [7, 11) is 0. The van der Waals surface area contributed by atoms with Crippen LogP contribution in [0.3, 0.4) is 0 Å². The van der Waals surface area contributed by atoms with E-state index in [9.17, 15) is 14.7 Å². The number of rotatable bonds is 5. The molecule has 2 heterocycles. The van der Waals surface area contributed by atoms with E-state index in [1.54, 1.807) is 29.7 Å². The van der Waals surface area contributed by atoms with Gasteiger partial charge in [-0.1, -0.05) is 6.07 Å². The summed E-state index contributed by atoms with van der Waals surface area (Å²) in [6.07, 6.45) is 5.59. The molecule has 2 aromatic heterocycles. The van der Waals surface area contributed by atoms with E-state index >= 15 is 0 Å². The van der Waals surface area contributed by atoms with Crippen LogP contribution < -0.4 is 0 Å². The van der Waals surface area contributed by atoms with Crippen molar-refractivity contribution in [1.82, 2.24) is 4.57 Å². The van der Waals surface area contributed by atoms with Crippen LogP contribution >= 0.6 is 11.3 Å².